The zero-order valence-corrected chi connectivity index (χ0v) is 8.25. The lowest BCUT2D eigenvalue weighted by Crippen LogP contribution is -2.08. The van der Waals surface area contributed by atoms with Crippen LogP contribution in [0.5, 0.6) is 0 Å². The first-order chi connectivity index (χ1) is 7.11. The fourth-order valence-electron chi connectivity index (χ4n) is 1.45. The maximum atomic E-state index is 10.9. The Kier molecular flexibility index (Phi) is 2.00. The van der Waals surface area contributed by atoms with E-state index in [1.165, 1.54) is 17.2 Å². The molecule has 0 radical (unpaired) electrons. The number of imidazole rings is 1. The lowest BCUT2D eigenvalue weighted by atomic mass is 10.3. The monoisotopic (exact) mass is 207 g/mol. The second-order valence-electron chi connectivity index (χ2n) is 3.08. The van der Waals surface area contributed by atoms with Crippen LogP contribution < -0.4 is 0 Å². The SMILES string of the molecule is Cc1nc(-n2cnnc2)n(C)c1C(=O)O. The van der Waals surface area contributed by atoms with E-state index in [9.17, 15) is 4.79 Å². The number of carboxylic acid groups (broad SMARTS) is 1. The van der Waals surface area contributed by atoms with Crippen molar-refractivity contribution in [3.8, 4) is 5.95 Å². The van der Waals surface area contributed by atoms with Crippen molar-refractivity contribution < 1.29 is 9.90 Å². The fraction of sp³-hybridized carbons (Fsp3) is 0.250. The van der Waals surface area contributed by atoms with Crippen molar-refractivity contribution in [1.29, 1.82) is 0 Å². The molecule has 7 nitrogen and oxygen atoms in total. The van der Waals surface area contributed by atoms with Crippen molar-refractivity contribution in [1.82, 2.24) is 24.3 Å². The average molecular weight is 207 g/mol. The van der Waals surface area contributed by atoms with E-state index >= 15 is 0 Å². The molecule has 0 unspecified atom stereocenters. The molecule has 2 aromatic heterocycles. The Hall–Kier alpha value is -2.18. The number of hydrogen-bond donors (Lipinski definition) is 1. The Morgan fingerprint density at radius 3 is 2.47 bits per heavy atom. The van der Waals surface area contributed by atoms with Crippen molar-refractivity contribution in [2.45, 2.75) is 6.92 Å². The number of aromatic carboxylic acids is 1. The molecule has 0 fully saturated rings. The van der Waals surface area contributed by atoms with E-state index in [-0.39, 0.29) is 5.69 Å². The minimum atomic E-state index is -0.998. The van der Waals surface area contributed by atoms with Crippen LogP contribution in [0.2, 0.25) is 0 Å². The Morgan fingerprint density at radius 1 is 1.40 bits per heavy atom. The van der Waals surface area contributed by atoms with Gasteiger partial charge in [0.2, 0.25) is 5.95 Å². The summed E-state index contributed by atoms with van der Waals surface area (Å²) in [6.07, 6.45) is 2.93. The largest absolute Gasteiger partial charge is 0.477 e. The predicted octanol–water partition coefficient (Wildman–Crippen LogP) is 0.00742. The Morgan fingerprint density at radius 2 is 2.00 bits per heavy atom. The molecule has 2 rings (SSSR count). The van der Waals surface area contributed by atoms with Gasteiger partial charge < -0.3 is 9.67 Å². The lowest BCUT2D eigenvalue weighted by Gasteiger charge is -2.01. The second-order valence-corrected chi connectivity index (χ2v) is 3.08. The van der Waals surface area contributed by atoms with E-state index in [4.69, 9.17) is 5.11 Å². The van der Waals surface area contributed by atoms with E-state index in [1.54, 1.807) is 18.5 Å². The van der Waals surface area contributed by atoms with Gasteiger partial charge in [-0.1, -0.05) is 0 Å². The highest BCUT2D eigenvalue weighted by Gasteiger charge is 2.18. The normalized spacial score (nSPS) is 10.5. The number of carbonyl (C=O) groups is 1. The third kappa shape index (κ3) is 1.37. The van der Waals surface area contributed by atoms with Gasteiger partial charge in [-0.15, -0.1) is 10.2 Å². The molecule has 0 aliphatic heterocycles. The molecular weight excluding hydrogens is 198 g/mol. The first-order valence-corrected chi connectivity index (χ1v) is 4.23. The molecule has 0 spiro atoms. The highest BCUT2D eigenvalue weighted by atomic mass is 16.4. The summed E-state index contributed by atoms with van der Waals surface area (Å²) < 4.78 is 3.04. The molecule has 0 saturated heterocycles. The summed E-state index contributed by atoms with van der Waals surface area (Å²) in [6.45, 7) is 1.65. The van der Waals surface area contributed by atoms with Crippen LogP contribution in [0.25, 0.3) is 5.95 Å². The summed E-state index contributed by atoms with van der Waals surface area (Å²) in [5, 5.41) is 16.2. The topological polar surface area (TPSA) is 85.8 Å². The van der Waals surface area contributed by atoms with Crippen molar-refractivity contribution in [3.63, 3.8) is 0 Å². The summed E-state index contributed by atoms with van der Waals surface area (Å²) in [6, 6.07) is 0. The van der Waals surface area contributed by atoms with Gasteiger partial charge in [0.25, 0.3) is 0 Å². The molecule has 2 aromatic rings. The zero-order valence-electron chi connectivity index (χ0n) is 8.25. The van der Waals surface area contributed by atoms with Crippen LogP contribution in [0, 0.1) is 6.92 Å². The number of aromatic nitrogens is 5. The van der Waals surface area contributed by atoms with E-state index in [1.807, 2.05) is 0 Å². The van der Waals surface area contributed by atoms with Gasteiger partial charge in [0.05, 0.1) is 5.69 Å². The van der Waals surface area contributed by atoms with Gasteiger partial charge in [-0.05, 0) is 6.92 Å². The second kappa shape index (κ2) is 3.19. The summed E-state index contributed by atoms with van der Waals surface area (Å²) in [7, 11) is 1.64. The Balaban J connectivity index is 2.61. The minimum Gasteiger partial charge on any atom is -0.477 e. The minimum absolute atomic E-state index is 0.165. The molecule has 0 aliphatic rings. The summed E-state index contributed by atoms with van der Waals surface area (Å²) >= 11 is 0. The molecule has 0 atom stereocenters. The van der Waals surface area contributed by atoms with Crippen molar-refractivity contribution in [2.75, 3.05) is 0 Å². The quantitative estimate of drug-likeness (QED) is 0.749. The molecule has 7 heteroatoms. The molecule has 78 valence electrons. The van der Waals surface area contributed by atoms with Crippen LogP contribution in [0.1, 0.15) is 16.2 Å². The maximum absolute atomic E-state index is 10.9. The molecule has 1 N–H and O–H groups in total. The average Bonchev–Trinajstić information content (AvgIpc) is 2.72. The number of aryl methyl sites for hydroxylation is 1. The van der Waals surface area contributed by atoms with Gasteiger partial charge >= 0.3 is 5.97 Å². The lowest BCUT2D eigenvalue weighted by molar-refractivity contribution is 0.0685. The third-order valence-electron chi connectivity index (χ3n) is 2.10. The van der Waals surface area contributed by atoms with Crippen molar-refractivity contribution >= 4 is 5.97 Å². The zero-order chi connectivity index (χ0) is 11.0. The number of nitrogens with zero attached hydrogens (tertiary/aromatic N) is 5. The van der Waals surface area contributed by atoms with Crippen molar-refractivity contribution in [2.24, 2.45) is 7.05 Å². The van der Waals surface area contributed by atoms with Crippen LogP contribution >= 0.6 is 0 Å². The third-order valence-corrected chi connectivity index (χ3v) is 2.10. The van der Waals surface area contributed by atoms with Gasteiger partial charge in [-0.3, -0.25) is 4.57 Å². The summed E-state index contributed by atoms with van der Waals surface area (Å²) in [5.74, 6) is -0.517. The van der Waals surface area contributed by atoms with Crippen LogP contribution in [-0.4, -0.2) is 35.4 Å². The molecule has 2 heterocycles. The highest BCUT2D eigenvalue weighted by Crippen LogP contribution is 2.12. The number of carboxylic acids is 1. The predicted molar refractivity (Wildman–Crippen MR) is 49.8 cm³/mol. The molecule has 15 heavy (non-hydrogen) atoms. The molecular formula is C8H9N5O2. The number of hydrogen-bond acceptors (Lipinski definition) is 4. The van der Waals surface area contributed by atoms with Gasteiger partial charge in [-0.2, -0.15) is 0 Å². The first kappa shape index (κ1) is 9.38. The Labute approximate surface area is 85.0 Å². The van der Waals surface area contributed by atoms with E-state index < -0.39 is 5.97 Å². The van der Waals surface area contributed by atoms with E-state index in [2.05, 4.69) is 15.2 Å². The smallest absolute Gasteiger partial charge is 0.354 e. The van der Waals surface area contributed by atoms with Crippen LogP contribution in [0.4, 0.5) is 0 Å². The summed E-state index contributed by atoms with van der Waals surface area (Å²) in [4.78, 5) is 15.1. The van der Waals surface area contributed by atoms with Crippen LogP contribution in [-0.2, 0) is 7.05 Å². The van der Waals surface area contributed by atoms with Gasteiger partial charge in [0.15, 0.2) is 5.69 Å². The van der Waals surface area contributed by atoms with E-state index in [0.29, 0.717) is 11.6 Å². The highest BCUT2D eigenvalue weighted by molar-refractivity contribution is 5.87. The molecule has 0 aliphatic carbocycles. The fourth-order valence-corrected chi connectivity index (χ4v) is 1.45. The molecule has 0 aromatic carbocycles. The number of rotatable bonds is 2. The van der Waals surface area contributed by atoms with Crippen LogP contribution in [0.3, 0.4) is 0 Å². The van der Waals surface area contributed by atoms with Crippen LogP contribution in [0.15, 0.2) is 12.7 Å². The van der Waals surface area contributed by atoms with E-state index in [0.717, 1.165) is 0 Å². The van der Waals surface area contributed by atoms with Gasteiger partial charge in [0, 0.05) is 7.05 Å². The van der Waals surface area contributed by atoms with Gasteiger partial charge in [-0.25, -0.2) is 9.78 Å². The standard InChI is InChI=1S/C8H9N5O2/c1-5-6(7(14)15)12(2)8(11-5)13-3-9-10-4-13/h3-4H,1-2H3,(H,14,15). The van der Waals surface area contributed by atoms with Crippen molar-refractivity contribution in [3.05, 3.63) is 24.0 Å². The molecule has 0 amide bonds. The first-order valence-electron chi connectivity index (χ1n) is 4.23. The maximum Gasteiger partial charge on any atom is 0.354 e. The molecule has 0 saturated carbocycles. The van der Waals surface area contributed by atoms with Gasteiger partial charge in [0.1, 0.15) is 12.7 Å². The summed E-state index contributed by atoms with van der Waals surface area (Å²) in [5.41, 5.74) is 0.632. The Bertz CT molecular complexity index is 499. The molecule has 0 bridgehead atoms.